The molecule has 105 heavy (non-hydrogen) atoms. The molecule has 0 aromatic heterocycles. The summed E-state index contributed by atoms with van der Waals surface area (Å²) in [4.78, 5) is 20.5. The maximum atomic E-state index is 2.30. The van der Waals surface area contributed by atoms with E-state index in [1.807, 2.05) is 0 Å². The quantitative estimate of drug-likeness (QED) is 0.0898. The zero-order valence-electron chi connectivity index (χ0n) is 61.8. The highest BCUT2D eigenvalue weighted by atomic mass is 32.2. The number of rotatable bonds is 15. The summed E-state index contributed by atoms with van der Waals surface area (Å²) in [6, 6.07) is 149. The fourth-order valence-corrected chi connectivity index (χ4v) is 22.0. The number of aryl methyl sites for hydroxylation is 6. The van der Waals surface area contributed by atoms with Gasteiger partial charge in [0.2, 0.25) is 0 Å². The van der Waals surface area contributed by atoms with Gasteiger partial charge in [-0.05, 0) is 235 Å². The molecule has 15 rings (SSSR count). The van der Waals surface area contributed by atoms with E-state index in [9.17, 15) is 0 Å². The highest BCUT2D eigenvalue weighted by molar-refractivity contribution is 7.98. The molecule has 0 aliphatic rings. The van der Waals surface area contributed by atoms with Crippen LogP contribution in [-0.2, 0) is 59.9 Å². The van der Waals surface area contributed by atoms with Crippen LogP contribution in [0.25, 0.3) is 0 Å². The Morgan fingerprint density at radius 1 is 0.133 bits per heavy atom. The molecule has 0 fully saturated rings. The van der Waals surface area contributed by atoms with E-state index in [-0.39, 0.29) is 59.9 Å². The molecule has 0 unspecified atom stereocenters. The second kappa shape index (κ2) is 38.7. The van der Waals surface area contributed by atoms with Crippen LogP contribution in [0.5, 0.6) is 0 Å². The Balaban J connectivity index is 0.000000131. The zero-order chi connectivity index (χ0) is 73.2. The van der Waals surface area contributed by atoms with Crippen LogP contribution < -0.4 is 0 Å². The van der Waals surface area contributed by atoms with Crippen LogP contribution in [0.3, 0.4) is 0 Å². The predicted molar refractivity (Wildman–Crippen MR) is 455 cm³/mol. The van der Waals surface area contributed by atoms with Gasteiger partial charge in [-0.1, -0.05) is 285 Å². The minimum Gasteiger partial charge on any atom is -0.0619 e. The van der Waals surface area contributed by atoms with Crippen LogP contribution in [0.4, 0.5) is 0 Å². The van der Waals surface area contributed by atoms with E-state index >= 15 is 0 Å². The van der Waals surface area contributed by atoms with Gasteiger partial charge < -0.3 is 0 Å². The SMILES string of the molecule is CC(C)(C)c1ccc([S+](c2ccccc2)c2ccccc2)cc1.Cc1ccc([S+](c2ccc(C)cc2)c2ccc(C)cc2)cc1.Cc1ccc([S+](c2ccccc2)c2ccc(C)cc2)cc1.Cc1ccc([S+](c2ccccc2)c2ccccc2)cc1.c1ccc([S+](c2ccccc2)c2ccccc2)cc1. The Kier molecular flexibility index (Phi) is 28.1. The molecule has 520 valence electrons. The molecule has 0 amide bonds. The van der Waals surface area contributed by atoms with Crippen LogP contribution in [-0.4, -0.2) is 0 Å². The van der Waals surface area contributed by atoms with E-state index in [4.69, 9.17) is 0 Å². The van der Waals surface area contributed by atoms with Gasteiger partial charge in [-0.15, -0.1) is 0 Å². The van der Waals surface area contributed by atoms with Gasteiger partial charge >= 0.3 is 0 Å². The molecule has 0 atom stereocenters. The molecule has 15 aromatic carbocycles. The van der Waals surface area contributed by atoms with Gasteiger partial charge in [-0.2, -0.15) is 0 Å². The summed E-state index contributed by atoms with van der Waals surface area (Å²) in [5.41, 5.74) is 9.40. The fourth-order valence-electron chi connectivity index (χ4n) is 11.6. The standard InChI is InChI=1S/C22H23S.C21H21S.C20H19S.C19H17S.C18H15S/c1-22(2,3)18-14-16-21(17-15-18)23(19-10-6-4-7-11-19)20-12-8-5-9-13-20;1-16-4-10-19(11-5-16)22(20-12-6-17(2)7-13-20)21-14-8-18(3)9-15-21;1-16-8-12-19(13-9-16)21(18-6-4-3-5-7-18)20-14-10-17(2)11-15-20;1-16-12-14-19(15-13-16)20(17-8-4-2-5-9-17)18-10-6-3-7-11-18;1-4-10-16(11-5-1)19(17-12-6-2-7-13-17)18-14-8-3-9-15-18/h4-17H,1-3H3;4-15H,1-3H3;3-15H,1-2H3;2-15H,1H3;1-15H/q5*+1. The van der Waals surface area contributed by atoms with Crippen molar-refractivity contribution in [1.29, 1.82) is 0 Å². The van der Waals surface area contributed by atoms with Gasteiger partial charge in [0.05, 0.1) is 54.5 Å². The van der Waals surface area contributed by atoms with E-state index in [0.29, 0.717) is 0 Å². The molecule has 0 saturated heterocycles. The summed E-state index contributed by atoms with van der Waals surface area (Å²) in [6.07, 6.45) is 0. The van der Waals surface area contributed by atoms with Crippen molar-refractivity contribution in [3.05, 3.63) is 451 Å². The van der Waals surface area contributed by atoms with Crippen LogP contribution in [0, 0.1) is 41.5 Å². The second-order valence-corrected chi connectivity index (χ2v) is 36.8. The van der Waals surface area contributed by atoms with Crippen molar-refractivity contribution in [1.82, 2.24) is 0 Å². The van der Waals surface area contributed by atoms with Crippen LogP contribution in [0.15, 0.2) is 486 Å². The smallest absolute Gasteiger partial charge is 0.0619 e. The van der Waals surface area contributed by atoms with Crippen molar-refractivity contribution in [2.24, 2.45) is 0 Å². The van der Waals surface area contributed by atoms with Gasteiger partial charge in [0.1, 0.15) is 0 Å². The topological polar surface area (TPSA) is 0 Å². The van der Waals surface area contributed by atoms with E-state index < -0.39 is 0 Å². The first-order valence-electron chi connectivity index (χ1n) is 35.8. The van der Waals surface area contributed by atoms with Crippen molar-refractivity contribution >= 4 is 54.5 Å². The molecule has 0 saturated carbocycles. The maximum absolute atomic E-state index is 2.30. The third-order valence-corrected chi connectivity index (χ3v) is 28.5. The summed E-state index contributed by atoms with van der Waals surface area (Å²) in [5, 5.41) is 0. The molecular weight excluding hydrogens is 1360 g/mol. The Morgan fingerprint density at radius 3 is 0.352 bits per heavy atom. The molecular formula is C100H95S5+5. The van der Waals surface area contributed by atoms with Crippen LogP contribution in [0.1, 0.15) is 59.7 Å². The Hall–Kier alpha value is -9.95. The molecule has 0 aliphatic carbocycles. The van der Waals surface area contributed by atoms with Crippen molar-refractivity contribution in [2.45, 2.75) is 141 Å². The van der Waals surface area contributed by atoms with Gasteiger partial charge in [-0.25, -0.2) is 0 Å². The Bertz CT molecular complexity index is 4620. The lowest BCUT2D eigenvalue weighted by atomic mass is 9.87. The Morgan fingerprint density at radius 2 is 0.238 bits per heavy atom. The van der Waals surface area contributed by atoms with Crippen molar-refractivity contribution in [2.75, 3.05) is 0 Å². The van der Waals surface area contributed by atoms with E-state index in [0.717, 1.165) is 0 Å². The molecule has 0 heterocycles. The predicted octanol–water partition coefficient (Wildman–Crippen LogP) is 27.1. The summed E-state index contributed by atoms with van der Waals surface area (Å²) in [7, 11) is -0.158. The number of hydrogen-bond donors (Lipinski definition) is 0. The van der Waals surface area contributed by atoms with Crippen LogP contribution in [0.2, 0.25) is 0 Å². The normalized spacial score (nSPS) is 11.0. The highest BCUT2D eigenvalue weighted by Gasteiger charge is 2.33. The van der Waals surface area contributed by atoms with Gasteiger partial charge in [0, 0.05) is 0 Å². The monoisotopic (exact) mass is 1460 g/mol. The second-order valence-electron chi connectivity index (χ2n) is 26.7. The summed E-state index contributed by atoms with van der Waals surface area (Å²) in [6.45, 7) is 19.6. The van der Waals surface area contributed by atoms with Crippen molar-refractivity contribution < 1.29 is 0 Å². The fraction of sp³-hybridized carbons (Fsp3) is 0.100. The largest absolute Gasteiger partial charge is 0.166 e. The van der Waals surface area contributed by atoms with Gasteiger partial charge in [0.25, 0.3) is 0 Å². The van der Waals surface area contributed by atoms with Crippen LogP contribution >= 0.6 is 0 Å². The first-order chi connectivity index (χ1) is 51.2. The minimum absolute atomic E-state index is 0.0146. The summed E-state index contributed by atoms with van der Waals surface area (Å²) < 4.78 is 0. The molecule has 0 bridgehead atoms. The lowest BCUT2D eigenvalue weighted by Gasteiger charge is -2.19. The summed E-state index contributed by atoms with van der Waals surface area (Å²) >= 11 is 0. The number of benzene rings is 15. The molecule has 5 heteroatoms. The lowest BCUT2D eigenvalue weighted by Crippen LogP contribution is -2.11. The highest BCUT2D eigenvalue weighted by Crippen LogP contribution is 2.37. The molecule has 0 spiro atoms. The average Bonchev–Trinajstić information content (AvgIpc) is 0.840. The molecule has 0 nitrogen and oxygen atoms in total. The van der Waals surface area contributed by atoms with Gasteiger partial charge in [0.15, 0.2) is 73.4 Å². The molecule has 0 N–H and O–H groups in total. The molecule has 15 aromatic rings. The van der Waals surface area contributed by atoms with Crippen molar-refractivity contribution in [3.8, 4) is 0 Å². The third kappa shape index (κ3) is 22.1. The van der Waals surface area contributed by atoms with Gasteiger partial charge in [-0.3, -0.25) is 0 Å². The van der Waals surface area contributed by atoms with E-state index in [1.165, 1.54) is 112 Å². The molecule has 0 aliphatic heterocycles. The number of hydrogen-bond acceptors (Lipinski definition) is 0. The van der Waals surface area contributed by atoms with Crippen molar-refractivity contribution in [3.63, 3.8) is 0 Å². The first kappa shape index (κ1) is 76.2. The summed E-state index contributed by atoms with van der Waals surface area (Å²) in [5.74, 6) is 0. The van der Waals surface area contributed by atoms with E-state index in [1.54, 1.807) is 0 Å². The lowest BCUT2D eigenvalue weighted by molar-refractivity contribution is 0.589. The zero-order valence-corrected chi connectivity index (χ0v) is 65.9. The third-order valence-electron chi connectivity index (χ3n) is 17.3. The van der Waals surface area contributed by atoms with E-state index in [2.05, 4.69) is 475 Å². The minimum atomic E-state index is -0.0497. The molecule has 0 radical (unpaired) electrons. The first-order valence-corrected chi connectivity index (χ1v) is 42.0. The Labute approximate surface area is 641 Å². The average molecular weight is 1460 g/mol. The maximum Gasteiger partial charge on any atom is 0.166 e.